The SMILES string of the molecule is [B]N[CH-]C(=O)N1[CH-][C@H]([CH2-])C[C@H]1C(=O)N[C@]1(C(C)=O)C[C@H]1CC.[CH3-].[U].[V].[W].[Y]. The molecular weight excluding hydrogens is 855 g/mol. The zero-order valence-electron chi connectivity index (χ0n) is 15.9. The van der Waals surface area contributed by atoms with Crippen LogP contribution in [-0.4, -0.2) is 42.1 Å². The molecule has 4 radical (unpaired) electrons. The molecule has 0 spiro atoms. The number of amides is 2. The fraction of sp³-hybridized carbons (Fsp3) is 0.562. The standard InChI is InChI=1S/C15H21BN3O3.CH3.U.V.W.Y/c1-4-11-6-15(11,10(3)20)18-14(22)12-5-9(2)8-19(12)13(21)7-17-16;;;;;/h7-9,11-12,17H,2,4-6H2,1,3H3,(H,18,22);1H3;;;;/q-3;-1;;;;/t9-,11-,12+,15+;;;;;/m1...../s1. The second-order valence-corrected chi connectivity index (χ2v) is 6.04. The van der Waals surface area contributed by atoms with Crippen molar-refractivity contribution in [2.75, 3.05) is 0 Å². The smallest absolute Gasteiger partial charge is 0.240 e. The van der Waals surface area contributed by atoms with E-state index in [0.717, 1.165) is 13.0 Å². The van der Waals surface area contributed by atoms with Gasteiger partial charge >= 0.3 is 0 Å². The summed E-state index contributed by atoms with van der Waals surface area (Å²) in [6, 6.07) is -0.658. The molecule has 11 heteroatoms. The molecular formula is C16H24BN3O3UVWY-4. The summed E-state index contributed by atoms with van der Waals surface area (Å²) in [5, 5.41) is 5.03. The van der Waals surface area contributed by atoms with E-state index in [1.54, 1.807) is 6.54 Å². The van der Waals surface area contributed by atoms with Crippen LogP contribution in [0.15, 0.2) is 0 Å². The molecule has 2 fully saturated rings. The molecule has 1 saturated carbocycles. The van der Waals surface area contributed by atoms with Crippen LogP contribution in [0.3, 0.4) is 0 Å². The van der Waals surface area contributed by atoms with Crippen LogP contribution < -0.4 is 10.5 Å². The van der Waals surface area contributed by atoms with E-state index in [-0.39, 0.29) is 134 Å². The number of rotatable bonds is 6. The fourth-order valence-corrected chi connectivity index (χ4v) is 3.20. The van der Waals surface area contributed by atoms with E-state index < -0.39 is 17.5 Å². The van der Waals surface area contributed by atoms with Crippen molar-refractivity contribution in [3.63, 3.8) is 0 Å². The summed E-state index contributed by atoms with van der Waals surface area (Å²) < 4.78 is 0. The summed E-state index contributed by atoms with van der Waals surface area (Å²) in [5.74, 6) is -0.716. The minimum absolute atomic E-state index is 0. The molecule has 0 aromatic carbocycles. The Bertz CT molecular complexity index is 510. The summed E-state index contributed by atoms with van der Waals surface area (Å²) in [6.07, 6.45) is 1.93. The van der Waals surface area contributed by atoms with Gasteiger partial charge in [0.1, 0.15) is 13.5 Å². The molecule has 2 rings (SSSR count). The van der Waals surface area contributed by atoms with Gasteiger partial charge in [0.15, 0.2) is 5.78 Å². The predicted molar refractivity (Wildman–Crippen MR) is 88.0 cm³/mol. The van der Waals surface area contributed by atoms with Crippen LogP contribution >= 0.6 is 0 Å². The Morgan fingerprint density at radius 3 is 2.37 bits per heavy atom. The van der Waals surface area contributed by atoms with Crippen molar-refractivity contribution in [1.82, 2.24) is 15.4 Å². The van der Waals surface area contributed by atoms with Crippen molar-refractivity contribution in [2.45, 2.75) is 44.7 Å². The Labute approximate surface area is 239 Å². The third kappa shape index (κ3) is 8.53. The first-order chi connectivity index (χ1) is 10.4. The van der Waals surface area contributed by atoms with E-state index in [1.165, 1.54) is 11.8 Å². The molecule has 0 unspecified atom stereocenters. The second-order valence-electron chi connectivity index (χ2n) is 6.04. The number of ketones is 1. The summed E-state index contributed by atoms with van der Waals surface area (Å²) in [6.45, 7) is 10.1. The van der Waals surface area contributed by atoms with Crippen LogP contribution in [-0.2, 0) is 86.7 Å². The summed E-state index contributed by atoms with van der Waals surface area (Å²) in [4.78, 5) is 37.7. The minimum Gasteiger partial charge on any atom is -0.510 e. The van der Waals surface area contributed by atoms with Gasteiger partial charge in [0.05, 0.1) is 11.9 Å². The molecule has 2 N–H and O–H groups in total. The molecule has 6 nitrogen and oxygen atoms in total. The number of hydrogen-bond donors (Lipinski definition) is 2. The van der Waals surface area contributed by atoms with E-state index in [2.05, 4.69) is 17.5 Å². The average Bonchev–Trinajstić information content (AvgIpc) is 3.03. The Hall–Kier alpha value is 1.93. The molecule has 1 heterocycles. The molecule has 2 aliphatic rings. The largest absolute Gasteiger partial charge is 0.510 e. The first kappa shape index (κ1) is 36.3. The van der Waals surface area contributed by atoms with Crippen molar-refractivity contribution in [2.24, 2.45) is 11.8 Å². The number of likely N-dealkylation sites (tertiary alicyclic amines) is 1. The molecule has 1 aliphatic heterocycles. The van der Waals surface area contributed by atoms with Gasteiger partial charge in [-0.3, -0.25) is 28.6 Å². The predicted octanol–water partition coefficient (Wildman–Crippen LogP) is 0.351. The molecule has 0 bridgehead atoms. The van der Waals surface area contributed by atoms with Crippen LogP contribution in [0.1, 0.15) is 33.1 Å². The average molecular weight is 879 g/mol. The summed E-state index contributed by atoms with van der Waals surface area (Å²) in [5.41, 5.74) is -0.754. The number of Topliss-reactive ketones (excluding diaryl/α,β-unsaturated/α-hetero) is 1. The van der Waals surface area contributed by atoms with Crippen molar-refractivity contribution in [3.8, 4) is 0 Å². The first-order valence-corrected chi connectivity index (χ1v) is 7.48. The summed E-state index contributed by atoms with van der Waals surface area (Å²) >= 11 is 0. The molecule has 1 aliphatic carbocycles. The van der Waals surface area contributed by atoms with Crippen molar-refractivity contribution in [3.05, 3.63) is 27.4 Å². The van der Waals surface area contributed by atoms with Crippen LogP contribution in [0.25, 0.3) is 0 Å². The van der Waals surface area contributed by atoms with Gasteiger partial charge in [0.2, 0.25) is 5.91 Å². The number of carbonyl (C=O) groups excluding carboxylic acids is 3. The van der Waals surface area contributed by atoms with E-state index in [9.17, 15) is 14.4 Å². The normalized spacial score (nSPS) is 27.2. The van der Waals surface area contributed by atoms with Crippen molar-refractivity contribution >= 4 is 25.6 Å². The quantitative estimate of drug-likeness (QED) is 0.299. The van der Waals surface area contributed by atoms with Crippen molar-refractivity contribution < 1.29 is 118 Å². The molecule has 0 aromatic rings. The van der Waals surface area contributed by atoms with Gasteiger partial charge < -0.3 is 34.6 Å². The fourth-order valence-electron chi connectivity index (χ4n) is 3.20. The van der Waals surface area contributed by atoms with E-state index in [4.69, 9.17) is 7.98 Å². The maximum Gasteiger partial charge on any atom is 0.240 e. The van der Waals surface area contributed by atoms with Gasteiger partial charge in [-0.05, 0) is 19.3 Å². The van der Waals surface area contributed by atoms with Gasteiger partial charge in [-0.1, -0.05) is 19.8 Å². The van der Waals surface area contributed by atoms with Gasteiger partial charge in [0.25, 0.3) is 0 Å². The van der Waals surface area contributed by atoms with E-state index in [1.807, 2.05) is 6.92 Å². The van der Waals surface area contributed by atoms with Gasteiger partial charge in [-0.15, -0.1) is 0 Å². The number of hydrogen-bond acceptors (Lipinski definition) is 4. The third-order valence-corrected chi connectivity index (χ3v) is 4.57. The topological polar surface area (TPSA) is 78.5 Å². The van der Waals surface area contributed by atoms with Crippen LogP contribution in [0.4, 0.5) is 0 Å². The summed E-state index contributed by atoms with van der Waals surface area (Å²) in [7, 11) is 5.11. The Morgan fingerprint density at radius 1 is 1.41 bits per heavy atom. The van der Waals surface area contributed by atoms with Gasteiger partial charge in [-0.25, -0.2) is 0 Å². The first-order valence-electron chi connectivity index (χ1n) is 7.48. The molecule has 146 valence electrons. The molecule has 2 amide bonds. The van der Waals surface area contributed by atoms with Gasteiger partial charge in [0, 0.05) is 103 Å². The molecule has 27 heavy (non-hydrogen) atoms. The maximum atomic E-state index is 12.6. The maximum absolute atomic E-state index is 12.6. The Balaban J connectivity index is -0.000000529. The van der Waals surface area contributed by atoms with Crippen molar-refractivity contribution in [1.29, 1.82) is 0 Å². The van der Waals surface area contributed by atoms with Crippen LogP contribution in [0.2, 0.25) is 0 Å². The number of nitrogens with zero attached hydrogens (tertiary/aromatic N) is 1. The molecule has 1 saturated heterocycles. The Morgan fingerprint density at radius 2 is 1.96 bits per heavy atom. The third-order valence-electron chi connectivity index (χ3n) is 4.57. The Kier molecular flexibility index (Phi) is 21.1. The van der Waals surface area contributed by atoms with E-state index in [0.29, 0.717) is 12.8 Å². The molecule has 4 atom stereocenters. The zero-order valence-corrected chi connectivity index (χ0v) is 27.2. The van der Waals surface area contributed by atoms with Gasteiger partial charge in [-0.2, -0.15) is 0 Å². The van der Waals surface area contributed by atoms with Crippen LogP contribution in [0.5, 0.6) is 0 Å². The monoisotopic (exact) mass is 879 g/mol. The minimum atomic E-state index is -0.754. The number of nitrogens with one attached hydrogen (secondary N) is 2. The van der Waals surface area contributed by atoms with E-state index >= 15 is 0 Å². The second kappa shape index (κ2) is 15.7. The number of carbonyl (C=O) groups is 3. The molecule has 0 aromatic heterocycles. The van der Waals surface area contributed by atoms with Crippen LogP contribution in [0, 0.1) is 70.4 Å². The zero-order chi connectivity index (χ0) is 16.5.